The molecule has 0 bridgehead atoms. The largest absolute Gasteiger partial charge is 0.498 e. The fourth-order valence-electron chi connectivity index (χ4n) is 2.24. The highest BCUT2D eigenvalue weighted by molar-refractivity contribution is 5.69. The first-order chi connectivity index (χ1) is 9.34. The smallest absolute Gasteiger partial charge is 0.133 e. The van der Waals surface area contributed by atoms with Crippen LogP contribution in [0, 0.1) is 6.92 Å². The molecular weight excluding hydrogens is 236 g/mol. The number of rotatable bonds is 2. The average molecular weight is 252 g/mol. The summed E-state index contributed by atoms with van der Waals surface area (Å²) in [5.74, 6) is 0.959. The third kappa shape index (κ3) is 2.45. The maximum atomic E-state index is 5.21. The predicted molar refractivity (Wildman–Crippen MR) is 76.8 cm³/mol. The van der Waals surface area contributed by atoms with E-state index in [0.717, 1.165) is 12.4 Å². The first-order valence-corrected chi connectivity index (χ1v) is 6.41. The highest BCUT2D eigenvalue weighted by Gasteiger charge is 2.10. The van der Waals surface area contributed by atoms with Crippen LogP contribution in [0.4, 0.5) is 5.82 Å². The van der Waals surface area contributed by atoms with Crippen LogP contribution in [0.1, 0.15) is 5.56 Å². The lowest BCUT2D eigenvalue weighted by molar-refractivity contribution is 0.245. The number of aryl methyl sites for hydroxylation is 1. The number of hydrogen-bond acceptors (Lipinski definition) is 3. The van der Waals surface area contributed by atoms with Crippen molar-refractivity contribution in [3.63, 3.8) is 0 Å². The molecule has 1 aliphatic rings. The molecule has 0 saturated carbocycles. The van der Waals surface area contributed by atoms with Crippen LogP contribution in [0.15, 0.2) is 55.1 Å². The van der Waals surface area contributed by atoms with E-state index in [1.54, 1.807) is 6.26 Å². The Hall–Kier alpha value is -2.29. The molecule has 1 aromatic heterocycles. The molecule has 3 heteroatoms. The minimum absolute atomic E-state index is 0.701. The summed E-state index contributed by atoms with van der Waals surface area (Å²) in [6.45, 7) is 3.66. The number of benzene rings is 1. The lowest BCUT2D eigenvalue weighted by Crippen LogP contribution is -2.25. The number of hydrogen-bond donors (Lipinski definition) is 0. The van der Waals surface area contributed by atoms with E-state index in [9.17, 15) is 0 Å². The summed E-state index contributed by atoms with van der Waals surface area (Å²) < 4.78 is 5.21. The van der Waals surface area contributed by atoms with Gasteiger partial charge in [0, 0.05) is 12.4 Å². The van der Waals surface area contributed by atoms with Crippen LogP contribution >= 0.6 is 0 Å². The Morgan fingerprint density at radius 3 is 2.89 bits per heavy atom. The maximum absolute atomic E-state index is 5.21. The second-order valence-electron chi connectivity index (χ2n) is 4.57. The molecule has 96 valence electrons. The van der Waals surface area contributed by atoms with Crippen LogP contribution in [0.25, 0.3) is 11.1 Å². The van der Waals surface area contributed by atoms with Gasteiger partial charge in [-0.15, -0.1) is 0 Å². The zero-order valence-corrected chi connectivity index (χ0v) is 10.9. The van der Waals surface area contributed by atoms with Crippen molar-refractivity contribution in [2.24, 2.45) is 0 Å². The number of nitrogens with zero attached hydrogens (tertiary/aromatic N) is 2. The van der Waals surface area contributed by atoms with Crippen LogP contribution in [0.5, 0.6) is 0 Å². The SMILES string of the molecule is Cc1ccccc1-c1ccnc(N2C=COCC2)c1. The van der Waals surface area contributed by atoms with Gasteiger partial charge in [0.25, 0.3) is 0 Å². The summed E-state index contributed by atoms with van der Waals surface area (Å²) in [5.41, 5.74) is 3.73. The van der Waals surface area contributed by atoms with Crippen molar-refractivity contribution in [2.75, 3.05) is 18.1 Å². The Morgan fingerprint density at radius 2 is 2.11 bits per heavy atom. The molecular formula is C16H16N2O. The second-order valence-corrected chi connectivity index (χ2v) is 4.57. The van der Waals surface area contributed by atoms with E-state index < -0.39 is 0 Å². The van der Waals surface area contributed by atoms with Crippen LogP contribution in [-0.4, -0.2) is 18.1 Å². The molecule has 2 heterocycles. The van der Waals surface area contributed by atoms with Crippen LogP contribution in [-0.2, 0) is 4.74 Å². The van der Waals surface area contributed by atoms with Gasteiger partial charge in [-0.25, -0.2) is 4.98 Å². The van der Waals surface area contributed by atoms with Gasteiger partial charge in [0.05, 0.1) is 12.8 Å². The van der Waals surface area contributed by atoms with Crippen molar-refractivity contribution in [3.8, 4) is 11.1 Å². The van der Waals surface area contributed by atoms with Crippen LogP contribution in [0.3, 0.4) is 0 Å². The molecule has 0 atom stereocenters. The van der Waals surface area contributed by atoms with Gasteiger partial charge in [-0.1, -0.05) is 24.3 Å². The molecule has 0 unspecified atom stereocenters. The average Bonchev–Trinajstić information content (AvgIpc) is 2.49. The minimum Gasteiger partial charge on any atom is -0.498 e. The zero-order valence-electron chi connectivity index (χ0n) is 10.9. The lowest BCUT2D eigenvalue weighted by Gasteiger charge is -2.22. The summed E-state index contributed by atoms with van der Waals surface area (Å²) in [7, 11) is 0. The van der Waals surface area contributed by atoms with Crippen molar-refractivity contribution in [2.45, 2.75) is 6.92 Å². The van der Waals surface area contributed by atoms with Gasteiger partial charge in [0.15, 0.2) is 0 Å². The summed E-state index contributed by atoms with van der Waals surface area (Å²) in [6.07, 6.45) is 5.50. The Kier molecular flexibility index (Phi) is 3.19. The van der Waals surface area contributed by atoms with E-state index in [2.05, 4.69) is 53.2 Å². The summed E-state index contributed by atoms with van der Waals surface area (Å²) in [5, 5.41) is 0. The quantitative estimate of drug-likeness (QED) is 0.819. The Labute approximate surface area is 113 Å². The van der Waals surface area contributed by atoms with E-state index in [4.69, 9.17) is 4.74 Å². The molecule has 0 aliphatic carbocycles. The normalized spacial score (nSPS) is 14.3. The molecule has 0 N–H and O–H groups in total. The lowest BCUT2D eigenvalue weighted by atomic mass is 10.0. The Bertz CT molecular complexity index is 607. The molecule has 1 aliphatic heterocycles. The van der Waals surface area contributed by atoms with E-state index in [1.165, 1.54) is 16.7 Å². The standard InChI is InChI=1S/C16H16N2O/c1-13-4-2-3-5-15(13)14-6-7-17-16(12-14)18-8-10-19-11-9-18/h2-8,10,12H,9,11H2,1H3. The van der Waals surface area contributed by atoms with Gasteiger partial charge < -0.3 is 9.64 Å². The van der Waals surface area contributed by atoms with Gasteiger partial charge in [0.1, 0.15) is 12.4 Å². The molecule has 3 nitrogen and oxygen atoms in total. The van der Waals surface area contributed by atoms with E-state index >= 15 is 0 Å². The van der Waals surface area contributed by atoms with E-state index in [-0.39, 0.29) is 0 Å². The highest BCUT2D eigenvalue weighted by atomic mass is 16.5. The van der Waals surface area contributed by atoms with Gasteiger partial charge in [-0.2, -0.15) is 0 Å². The maximum Gasteiger partial charge on any atom is 0.133 e. The monoisotopic (exact) mass is 252 g/mol. The van der Waals surface area contributed by atoms with E-state index in [0.29, 0.717) is 6.61 Å². The van der Waals surface area contributed by atoms with Crippen molar-refractivity contribution in [1.29, 1.82) is 0 Å². The molecule has 2 aromatic rings. The molecule has 3 rings (SSSR count). The first kappa shape index (κ1) is 11.8. The molecule has 19 heavy (non-hydrogen) atoms. The minimum atomic E-state index is 0.701. The highest BCUT2D eigenvalue weighted by Crippen LogP contribution is 2.26. The van der Waals surface area contributed by atoms with Crippen molar-refractivity contribution in [3.05, 3.63) is 60.6 Å². The Balaban J connectivity index is 1.98. The Morgan fingerprint density at radius 1 is 1.21 bits per heavy atom. The fourth-order valence-corrected chi connectivity index (χ4v) is 2.24. The first-order valence-electron chi connectivity index (χ1n) is 6.41. The number of aromatic nitrogens is 1. The van der Waals surface area contributed by atoms with Gasteiger partial charge in [0.2, 0.25) is 0 Å². The molecule has 1 aromatic carbocycles. The third-order valence-electron chi connectivity index (χ3n) is 3.28. The second kappa shape index (κ2) is 5.14. The predicted octanol–water partition coefficient (Wildman–Crippen LogP) is 3.36. The van der Waals surface area contributed by atoms with Crippen molar-refractivity contribution in [1.82, 2.24) is 4.98 Å². The number of ether oxygens (including phenoxy) is 1. The van der Waals surface area contributed by atoms with E-state index in [1.807, 2.05) is 12.4 Å². The van der Waals surface area contributed by atoms with Crippen molar-refractivity contribution >= 4 is 5.82 Å². The van der Waals surface area contributed by atoms with Gasteiger partial charge in [-0.05, 0) is 35.7 Å². The molecule has 0 saturated heterocycles. The van der Waals surface area contributed by atoms with Crippen molar-refractivity contribution < 1.29 is 4.74 Å². The van der Waals surface area contributed by atoms with Crippen LogP contribution < -0.4 is 4.90 Å². The molecule has 0 amide bonds. The summed E-state index contributed by atoms with van der Waals surface area (Å²) >= 11 is 0. The summed E-state index contributed by atoms with van der Waals surface area (Å²) in [6, 6.07) is 12.6. The van der Waals surface area contributed by atoms with Gasteiger partial charge in [-0.3, -0.25) is 0 Å². The third-order valence-corrected chi connectivity index (χ3v) is 3.28. The van der Waals surface area contributed by atoms with Gasteiger partial charge >= 0.3 is 0 Å². The topological polar surface area (TPSA) is 25.4 Å². The number of pyridine rings is 1. The number of anilines is 1. The zero-order chi connectivity index (χ0) is 13.1. The summed E-state index contributed by atoms with van der Waals surface area (Å²) in [4.78, 5) is 6.54. The molecule has 0 radical (unpaired) electrons. The fraction of sp³-hybridized carbons (Fsp3) is 0.188. The van der Waals surface area contributed by atoms with Crippen LogP contribution in [0.2, 0.25) is 0 Å². The molecule has 0 fully saturated rings. The molecule has 0 spiro atoms.